The Morgan fingerprint density at radius 2 is 1.70 bits per heavy atom. The highest BCUT2D eigenvalue weighted by atomic mass is 35.5. The van der Waals surface area contributed by atoms with E-state index in [1.165, 1.54) is 19.3 Å². The van der Waals surface area contributed by atoms with E-state index in [9.17, 15) is 0 Å². The fourth-order valence-electron chi connectivity index (χ4n) is 0.773. The molecule has 0 bridgehead atoms. The Morgan fingerprint density at radius 3 is 2.30 bits per heavy atom. The molecule has 0 aliphatic carbocycles. The molecule has 0 atom stereocenters. The summed E-state index contributed by atoms with van der Waals surface area (Å²) in [7, 11) is 0. The lowest BCUT2D eigenvalue weighted by Crippen LogP contribution is -1.77. The van der Waals surface area contributed by atoms with Gasteiger partial charge in [-0.05, 0) is 19.3 Å². The largest absolute Gasteiger partial charge is 0.127 e. The number of alkyl halides is 1. The Balaban J connectivity index is 2.77. The molecule has 2 heteroatoms. The van der Waals surface area contributed by atoms with Crippen LogP contribution < -0.4 is 0 Å². The van der Waals surface area contributed by atoms with Crippen molar-refractivity contribution in [2.45, 2.75) is 32.1 Å². The molecule has 0 aromatic rings. The minimum Gasteiger partial charge on any atom is -0.127 e. The van der Waals surface area contributed by atoms with Crippen molar-refractivity contribution in [1.29, 1.82) is 0 Å². The fraction of sp³-hybridized carbons (Fsp3) is 0.750. The summed E-state index contributed by atoms with van der Waals surface area (Å²) in [5.74, 6) is 0.797. The van der Waals surface area contributed by atoms with Crippen LogP contribution in [0.5, 0.6) is 0 Å². The van der Waals surface area contributed by atoms with Crippen LogP contribution in [0.1, 0.15) is 32.1 Å². The number of hydrogen-bond donors (Lipinski definition) is 0. The number of halogens is 2. The molecule has 0 amide bonds. The van der Waals surface area contributed by atoms with Gasteiger partial charge >= 0.3 is 0 Å². The zero-order valence-corrected chi connectivity index (χ0v) is 7.67. The molecule has 0 aromatic carbocycles. The second-order valence-corrected chi connectivity index (χ2v) is 2.88. The topological polar surface area (TPSA) is 0 Å². The third-order valence-corrected chi connectivity index (χ3v) is 1.79. The van der Waals surface area contributed by atoms with Gasteiger partial charge in [-0.15, -0.1) is 11.6 Å². The van der Waals surface area contributed by atoms with Crippen LogP contribution in [0.2, 0.25) is 0 Å². The van der Waals surface area contributed by atoms with Gasteiger partial charge in [0, 0.05) is 11.4 Å². The maximum absolute atomic E-state index is 5.51. The number of unbranched alkanes of at least 4 members (excludes halogenated alkanes) is 4. The molecule has 0 heterocycles. The lowest BCUT2D eigenvalue weighted by Gasteiger charge is -1.94. The molecule has 0 saturated carbocycles. The van der Waals surface area contributed by atoms with Crippen LogP contribution >= 0.6 is 23.2 Å². The summed E-state index contributed by atoms with van der Waals surface area (Å²) in [6.07, 6.45) is 7.99. The summed E-state index contributed by atoms with van der Waals surface area (Å²) in [6, 6.07) is 0. The van der Waals surface area contributed by atoms with Crippen molar-refractivity contribution in [3.05, 3.63) is 11.6 Å². The standard InChI is InChI=1S/C8H14Cl2/c9-7-5-3-1-2-4-6-8-10/h5,7H,1-4,6,8H2/b7-5+. The fourth-order valence-corrected chi connectivity index (χ4v) is 1.09. The highest BCUT2D eigenvalue weighted by Crippen LogP contribution is 2.04. The molecular weight excluding hydrogens is 167 g/mol. The summed E-state index contributed by atoms with van der Waals surface area (Å²) in [6.45, 7) is 0. The molecule has 0 aliphatic rings. The molecule has 0 rings (SSSR count). The van der Waals surface area contributed by atoms with Crippen LogP contribution in [0.25, 0.3) is 0 Å². The zero-order chi connectivity index (χ0) is 7.66. The van der Waals surface area contributed by atoms with E-state index in [4.69, 9.17) is 23.2 Å². The Kier molecular flexibility index (Phi) is 9.62. The Bertz CT molecular complexity index is 79.3. The predicted molar refractivity (Wildman–Crippen MR) is 48.8 cm³/mol. The SMILES string of the molecule is Cl/C=C/CCCCCCCl. The van der Waals surface area contributed by atoms with Crippen molar-refractivity contribution < 1.29 is 0 Å². The van der Waals surface area contributed by atoms with Crippen molar-refractivity contribution in [3.8, 4) is 0 Å². The second kappa shape index (κ2) is 9.32. The van der Waals surface area contributed by atoms with E-state index < -0.39 is 0 Å². The maximum Gasteiger partial charge on any atom is 0.0223 e. The molecule has 0 aromatic heterocycles. The van der Waals surface area contributed by atoms with E-state index >= 15 is 0 Å². The van der Waals surface area contributed by atoms with Gasteiger partial charge in [0.1, 0.15) is 0 Å². The first-order valence-corrected chi connectivity index (χ1v) is 4.70. The number of hydrogen-bond acceptors (Lipinski definition) is 0. The van der Waals surface area contributed by atoms with Crippen LogP contribution in [0, 0.1) is 0 Å². The van der Waals surface area contributed by atoms with Crippen LogP contribution in [0.3, 0.4) is 0 Å². The van der Waals surface area contributed by atoms with Crippen molar-refractivity contribution in [2.75, 3.05) is 5.88 Å². The van der Waals surface area contributed by atoms with E-state index in [1.807, 2.05) is 6.08 Å². The van der Waals surface area contributed by atoms with Gasteiger partial charge in [0.2, 0.25) is 0 Å². The highest BCUT2D eigenvalue weighted by molar-refractivity contribution is 6.25. The molecule has 0 spiro atoms. The summed E-state index contributed by atoms with van der Waals surface area (Å²) in [4.78, 5) is 0. The molecule has 60 valence electrons. The predicted octanol–water partition coefficient (Wildman–Crippen LogP) is 3.93. The highest BCUT2D eigenvalue weighted by Gasteiger charge is 1.85. The lowest BCUT2D eigenvalue weighted by molar-refractivity contribution is 0.677. The van der Waals surface area contributed by atoms with Crippen molar-refractivity contribution in [1.82, 2.24) is 0 Å². The molecule has 0 aliphatic heterocycles. The van der Waals surface area contributed by atoms with Gasteiger partial charge in [-0.3, -0.25) is 0 Å². The lowest BCUT2D eigenvalue weighted by atomic mass is 10.2. The first kappa shape index (κ1) is 10.3. The van der Waals surface area contributed by atoms with Gasteiger partial charge in [0.15, 0.2) is 0 Å². The van der Waals surface area contributed by atoms with E-state index in [0.717, 1.165) is 18.7 Å². The molecule has 10 heavy (non-hydrogen) atoms. The van der Waals surface area contributed by atoms with E-state index in [-0.39, 0.29) is 0 Å². The van der Waals surface area contributed by atoms with Crippen molar-refractivity contribution >= 4 is 23.2 Å². The van der Waals surface area contributed by atoms with Gasteiger partial charge in [-0.25, -0.2) is 0 Å². The molecule has 0 radical (unpaired) electrons. The first-order chi connectivity index (χ1) is 4.91. The van der Waals surface area contributed by atoms with Crippen molar-refractivity contribution in [3.63, 3.8) is 0 Å². The van der Waals surface area contributed by atoms with E-state index in [1.54, 1.807) is 5.54 Å². The zero-order valence-electron chi connectivity index (χ0n) is 6.15. The van der Waals surface area contributed by atoms with Crippen LogP contribution in [0.15, 0.2) is 11.6 Å². The maximum atomic E-state index is 5.51. The monoisotopic (exact) mass is 180 g/mol. The normalized spacial score (nSPS) is 11.0. The Hall–Kier alpha value is 0.320. The average molecular weight is 181 g/mol. The average Bonchev–Trinajstić information content (AvgIpc) is 1.97. The molecule has 0 unspecified atom stereocenters. The van der Waals surface area contributed by atoms with Gasteiger partial charge in [0.25, 0.3) is 0 Å². The van der Waals surface area contributed by atoms with Gasteiger partial charge in [0.05, 0.1) is 0 Å². The third-order valence-electron chi connectivity index (χ3n) is 1.34. The van der Waals surface area contributed by atoms with Crippen LogP contribution in [0.4, 0.5) is 0 Å². The van der Waals surface area contributed by atoms with Gasteiger partial charge < -0.3 is 0 Å². The Labute approximate surface area is 73.2 Å². The molecule has 0 saturated heterocycles. The van der Waals surface area contributed by atoms with Gasteiger partial charge in [-0.2, -0.15) is 0 Å². The first-order valence-electron chi connectivity index (χ1n) is 3.73. The quantitative estimate of drug-likeness (QED) is 0.430. The summed E-state index contributed by atoms with van der Waals surface area (Å²) in [5, 5.41) is 0. The minimum atomic E-state index is 0.797. The molecule has 0 fully saturated rings. The third kappa shape index (κ3) is 8.32. The smallest absolute Gasteiger partial charge is 0.0223 e. The molecular formula is C8H14Cl2. The Morgan fingerprint density at radius 1 is 1.00 bits per heavy atom. The molecule has 0 nitrogen and oxygen atoms in total. The minimum absolute atomic E-state index is 0.797. The number of rotatable bonds is 6. The van der Waals surface area contributed by atoms with Crippen LogP contribution in [-0.4, -0.2) is 5.88 Å². The van der Waals surface area contributed by atoms with E-state index in [2.05, 4.69) is 0 Å². The van der Waals surface area contributed by atoms with Gasteiger partial charge in [-0.1, -0.05) is 30.5 Å². The summed E-state index contributed by atoms with van der Waals surface area (Å²) in [5.41, 5.74) is 1.58. The summed E-state index contributed by atoms with van der Waals surface area (Å²) < 4.78 is 0. The number of allylic oxidation sites excluding steroid dienone is 1. The summed E-state index contributed by atoms with van der Waals surface area (Å²) >= 11 is 10.8. The molecule has 0 N–H and O–H groups in total. The second-order valence-electron chi connectivity index (χ2n) is 2.25. The van der Waals surface area contributed by atoms with Crippen LogP contribution in [-0.2, 0) is 0 Å². The van der Waals surface area contributed by atoms with Crippen molar-refractivity contribution in [2.24, 2.45) is 0 Å². The van der Waals surface area contributed by atoms with E-state index in [0.29, 0.717) is 0 Å².